The normalized spacial score (nSPS) is 11.3. The predicted octanol–water partition coefficient (Wildman–Crippen LogP) is 1.07. The summed E-state index contributed by atoms with van der Waals surface area (Å²) < 4.78 is 0. The van der Waals surface area contributed by atoms with Gasteiger partial charge >= 0.3 is 0 Å². The van der Waals surface area contributed by atoms with Gasteiger partial charge in [-0.2, -0.15) is 5.10 Å². The average Bonchev–Trinajstić information content (AvgIpc) is 2.20. The largest absolute Gasteiger partial charge is 0.508 e. The number of hydrogen-bond donors (Lipinski definition) is 3. The predicted molar refractivity (Wildman–Crippen MR) is 59.5 cm³/mol. The highest BCUT2D eigenvalue weighted by atomic mass is 16.3. The van der Waals surface area contributed by atoms with E-state index in [1.165, 1.54) is 24.7 Å². The Bertz CT molecular complexity index is 375. The molecule has 0 heterocycles. The Kier molecular flexibility index (Phi) is 4.15. The van der Waals surface area contributed by atoms with Crippen molar-refractivity contribution in [2.75, 3.05) is 6.54 Å². The zero-order chi connectivity index (χ0) is 11.1. The van der Waals surface area contributed by atoms with Crippen LogP contribution in [0.4, 0.5) is 0 Å². The molecule has 0 aliphatic carbocycles. The maximum atomic E-state index is 9.38. The number of hydrazone groups is 1. The van der Waals surface area contributed by atoms with Crippen molar-refractivity contribution >= 4 is 12.6 Å². The van der Waals surface area contributed by atoms with Crippen molar-refractivity contribution in [1.82, 2.24) is 5.43 Å². The van der Waals surface area contributed by atoms with E-state index < -0.39 is 0 Å². The monoisotopic (exact) mass is 207 g/mol. The maximum absolute atomic E-state index is 9.38. The molecule has 15 heavy (non-hydrogen) atoms. The highest BCUT2D eigenvalue weighted by Crippen LogP contribution is 2.20. The SMILES string of the molecule is CCN=CN/N=C/c1ccc(O)cc1O. The van der Waals surface area contributed by atoms with E-state index in [0.29, 0.717) is 12.1 Å². The number of rotatable bonds is 4. The quantitative estimate of drug-likeness (QED) is 0.392. The van der Waals surface area contributed by atoms with E-state index in [2.05, 4.69) is 15.5 Å². The summed E-state index contributed by atoms with van der Waals surface area (Å²) in [5.41, 5.74) is 3.10. The van der Waals surface area contributed by atoms with Crippen LogP contribution in [0.15, 0.2) is 28.3 Å². The van der Waals surface area contributed by atoms with Gasteiger partial charge in [-0.3, -0.25) is 10.4 Å². The molecule has 1 rings (SSSR count). The van der Waals surface area contributed by atoms with Crippen LogP contribution in [-0.2, 0) is 0 Å². The molecule has 0 spiro atoms. The second-order valence-corrected chi connectivity index (χ2v) is 2.76. The van der Waals surface area contributed by atoms with Gasteiger partial charge in [0.2, 0.25) is 0 Å². The summed E-state index contributed by atoms with van der Waals surface area (Å²) in [5, 5.41) is 22.2. The van der Waals surface area contributed by atoms with E-state index >= 15 is 0 Å². The van der Waals surface area contributed by atoms with Crippen molar-refractivity contribution in [3.8, 4) is 11.5 Å². The molecule has 0 bridgehead atoms. The smallest absolute Gasteiger partial charge is 0.128 e. The van der Waals surface area contributed by atoms with E-state index in [4.69, 9.17) is 5.11 Å². The number of nitrogens with one attached hydrogen (secondary N) is 1. The number of phenols is 2. The van der Waals surface area contributed by atoms with Gasteiger partial charge in [-0.05, 0) is 19.1 Å². The van der Waals surface area contributed by atoms with Crippen LogP contribution in [0.1, 0.15) is 12.5 Å². The van der Waals surface area contributed by atoms with Gasteiger partial charge in [0.25, 0.3) is 0 Å². The van der Waals surface area contributed by atoms with Crippen molar-refractivity contribution in [1.29, 1.82) is 0 Å². The van der Waals surface area contributed by atoms with E-state index in [0.717, 1.165) is 0 Å². The Morgan fingerprint density at radius 2 is 2.20 bits per heavy atom. The van der Waals surface area contributed by atoms with Crippen LogP contribution in [0, 0.1) is 0 Å². The standard InChI is InChI=1S/C10H13N3O2/c1-2-11-7-13-12-6-8-3-4-9(14)5-10(8)15/h3-7,14-15H,2H2,1H3,(H,11,13)/b12-6+. The zero-order valence-electron chi connectivity index (χ0n) is 8.38. The molecule has 0 unspecified atom stereocenters. The van der Waals surface area contributed by atoms with Crippen molar-refractivity contribution < 1.29 is 10.2 Å². The molecule has 0 saturated carbocycles. The first-order valence-electron chi connectivity index (χ1n) is 4.53. The third-order valence-corrected chi connectivity index (χ3v) is 1.62. The van der Waals surface area contributed by atoms with Gasteiger partial charge in [-0.15, -0.1) is 0 Å². The number of nitrogens with zero attached hydrogens (tertiary/aromatic N) is 2. The lowest BCUT2D eigenvalue weighted by atomic mass is 10.2. The first-order valence-corrected chi connectivity index (χ1v) is 4.53. The highest BCUT2D eigenvalue weighted by molar-refractivity contribution is 5.84. The van der Waals surface area contributed by atoms with Crippen molar-refractivity contribution in [2.45, 2.75) is 6.92 Å². The van der Waals surface area contributed by atoms with Crippen LogP contribution in [-0.4, -0.2) is 29.3 Å². The Morgan fingerprint density at radius 1 is 1.40 bits per heavy atom. The number of aliphatic imine (C=N–C) groups is 1. The molecule has 5 nitrogen and oxygen atoms in total. The summed E-state index contributed by atoms with van der Waals surface area (Å²) >= 11 is 0. The third-order valence-electron chi connectivity index (χ3n) is 1.62. The Balaban J connectivity index is 2.60. The van der Waals surface area contributed by atoms with E-state index in [1.54, 1.807) is 6.07 Å². The first kappa shape index (κ1) is 11.0. The molecule has 0 radical (unpaired) electrons. The molecular weight excluding hydrogens is 194 g/mol. The molecule has 0 saturated heterocycles. The Morgan fingerprint density at radius 3 is 2.87 bits per heavy atom. The van der Waals surface area contributed by atoms with Crippen LogP contribution in [0.25, 0.3) is 0 Å². The lowest BCUT2D eigenvalue weighted by Crippen LogP contribution is -2.02. The molecule has 5 heteroatoms. The molecule has 80 valence electrons. The molecule has 1 aromatic carbocycles. The molecular formula is C10H13N3O2. The molecule has 0 aliphatic rings. The fourth-order valence-corrected chi connectivity index (χ4v) is 0.913. The van der Waals surface area contributed by atoms with E-state index in [1.807, 2.05) is 6.92 Å². The molecule has 0 fully saturated rings. The lowest BCUT2D eigenvalue weighted by molar-refractivity contribution is 0.450. The second-order valence-electron chi connectivity index (χ2n) is 2.76. The third kappa shape index (κ3) is 3.68. The molecule has 1 aromatic rings. The molecule has 0 atom stereocenters. The topological polar surface area (TPSA) is 77.2 Å². The number of benzene rings is 1. The van der Waals surface area contributed by atoms with Gasteiger partial charge in [0, 0.05) is 18.2 Å². The molecule has 0 amide bonds. The lowest BCUT2D eigenvalue weighted by Gasteiger charge is -1.98. The van der Waals surface area contributed by atoms with E-state index in [-0.39, 0.29) is 11.5 Å². The summed E-state index contributed by atoms with van der Waals surface area (Å²) in [6, 6.07) is 4.29. The van der Waals surface area contributed by atoms with Gasteiger partial charge in [-0.1, -0.05) is 0 Å². The van der Waals surface area contributed by atoms with Crippen molar-refractivity contribution in [3.63, 3.8) is 0 Å². The number of phenolic OH excluding ortho intramolecular Hbond substituents is 2. The zero-order valence-corrected chi connectivity index (χ0v) is 8.38. The van der Waals surface area contributed by atoms with Gasteiger partial charge < -0.3 is 10.2 Å². The minimum atomic E-state index is -0.0204. The van der Waals surface area contributed by atoms with Gasteiger partial charge in [0.15, 0.2) is 0 Å². The highest BCUT2D eigenvalue weighted by Gasteiger charge is 1.98. The summed E-state index contributed by atoms with van der Waals surface area (Å²) in [6.45, 7) is 2.60. The van der Waals surface area contributed by atoms with Gasteiger partial charge in [0.1, 0.15) is 17.8 Å². The van der Waals surface area contributed by atoms with Crippen molar-refractivity contribution in [2.24, 2.45) is 10.1 Å². The Hall–Kier alpha value is -2.04. The fraction of sp³-hybridized carbons (Fsp3) is 0.200. The average molecular weight is 207 g/mol. The number of hydrogen-bond acceptors (Lipinski definition) is 4. The summed E-state index contributed by atoms with van der Waals surface area (Å²) in [6.07, 6.45) is 2.91. The summed E-state index contributed by atoms with van der Waals surface area (Å²) in [4.78, 5) is 3.89. The van der Waals surface area contributed by atoms with Gasteiger partial charge in [-0.25, -0.2) is 0 Å². The van der Waals surface area contributed by atoms with Crippen LogP contribution < -0.4 is 5.43 Å². The fourth-order valence-electron chi connectivity index (χ4n) is 0.913. The minimum absolute atomic E-state index is 0.0187. The van der Waals surface area contributed by atoms with Gasteiger partial charge in [0.05, 0.1) is 6.21 Å². The first-order chi connectivity index (χ1) is 7.24. The minimum Gasteiger partial charge on any atom is -0.508 e. The van der Waals surface area contributed by atoms with Crippen LogP contribution in [0.2, 0.25) is 0 Å². The summed E-state index contributed by atoms with van der Waals surface area (Å²) in [7, 11) is 0. The maximum Gasteiger partial charge on any atom is 0.128 e. The van der Waals surface area contributed by atoms with Crippen LogP contribution in [0.5, 0.6) is 11.5 Å². The van der Waals surface area contributed by atoms with Crippen LogP contribution in [0.3, 0.4) is 0 Å². The number of aromatic hydroxyl groups is 2. The van der Waals surface area contributed by atoms with E-state index in [9.17, 15) is 5.11 Å². The van der Waals surface area contributed by atoms with Crippen LogP contribution >= 0.6 is 0 Å². The van der Waals surface area contributed by atoms with Crippen molar-refractivity contribution in [3.05, 3.63) is 23.8 Å². The second kappa shape index (κ2) is 5.64. The molecule has 3 N–H and O–H groups in total. The molecule has 0 aliphatic heterocycles. The molecule has 0 aromatic heterocycles. The Labute approximate surface area is 87.8 Å². The summed E-state index contributed by atoms with van der Waals surface area (Å²) in [5.74, 6) is -0.00173.